The van der Waals surface area contributed by atoms with Gasteiger partial charge < -0.3 is 5.73 Å². The van der Waals surface area contributed by atoms with Gasteiger partial charge in [-0.05, 0) is 29.5 Å². The van der Waals surface area contributed by atoms with E-state index in [2.05, 4.69) is 24.3 Å². The Bertz CT molecular complexity index is 802. The fourth-order valence-electron chi connectivity index (χ4n) is 2.69. The molecule has 0 spiro atoms. The predicted molar refractivity (Wildman–Crippen MR) is 100 cm³/mol. The summed E-state index contributed by atoms with van der Waals surface area (Å²) in [6.45, 7) is 1.68. The minimum atomic E-state index is -3.53. The molecule has 0 radical (unpaired) electrons. The summed E-state index contributed by atoms with van der Waals surface area (Å²) in [5.41, 5.74) is 9.51. The number of hydrogen-bond acceptors (Lipinski definition) is 4. The van der Waals surface area contributed by atoms with E-state index in [0.29, 0.717) is 12.8 Å². The summed E-state index contributed by atoms with van der Waals surface area (Å²) in [5, 5.41) is 0. The lowest BCUT2D eigenvalue weighted by atomic mass is 9.95. The highest BCUT2D eigenvalue weighted by Gasteiger charge is 2.19. The normalized spacial score (nSPS) is 13.9. The lowest BCUT2D eigenvalue weighted by Crippen LogP contribution is -2.37. The van der Waals surface area contributed by atoms with Crippen LogP contribution >= 0.6 is 0 Å². The second kappa shape index (κ2) is 8.27. The third-order valence-corrected chi connectivity index (χ3v) is 4.52. The van der Waals surface area contributed by atoms with Crippen LogP contribution in [0.3, 0.4) is 0 Å². The standard InChI is InChI=1S/C19H24N2O3S/c1-14(19(22)21-25(2,23)24)12-18(20)13-15-8-10-17(11-9-15)16-6-4-3-5-7-16/h3-11,14,18H,12-13,20H2,1-2H3,(H,21,22)/t14-,18+/m1/s1. The monoisotopic (exact) mass is 360 g/mol. The van der Waals surface area contributed by atoms with Crippen molar-refractivity contribution in [3.8, 4) is 11.1 Å². The molecule has 25 heavy (non-hydrogen) atoms. The molecule has 0 unspecified atom stereocenters. The number of sulfonamides is 1. The fourth-order valence-corrected chi connectivity index (χ4v) is 3.26. The largest absolute Gasteiger partial charge is 0.327 e. The molecule has 0 saturated heterocycles. The number of nitrogens with one attached hydrogen (secondary N) is 1. The van der Waals surface area contributed by atoms with Crippen LogP contribution in [-0.2, 0) is 21.2 Å². The molecule has 5 nitrogen and oxygen atoms in total. The molecule has 2 aromatic rings. The number of nitrogens with two attached hydrogens (primary N) is 1. The quantitative estimate of drug-likeness (QED) is 0.793. The highest BCUT2D eigenvalue weighted by atomic mass is 32.2. The Morgan fingerprint density at radius 2 is 1.60 bits per heavy atom. The molecule has 6 heteroatoms. The topological polar surface area (TPSA) is 89.3 Å². The minimum Gasteiger partial charge on any atom is -0.327 e. The van der Waals surface area contributed by atoms with Gasteiger partial charge in [0.05, 0.1) is 6.26 Å². The van der Waals surface area contributed by atoms with Crippen molar-refractivity contribution in [2.24, 2.45) is 11.7 Å². The first-order chi connectivity index (χ1) is 11.7. The molecule has 1 amide bonds. The summed E-state index contributed by atoms with van der Waals surface area (Å²) in [5.74, 6) is -0.981. The number of carbonyl (C=O) groups excluding carboxylic acids is 1. The zero-order valence-corrected chi connectivity index (χ0v) is 15.3. The maximum atomic E-state index is 11.8. The fraction of sp³-hybridized carbons (Fsp3) is 0.316. The molecule has 0 bridgehead atoms. The summed E-state index contributed by atoms with van der Waals surface area (Å²) in [4.78, 5) is 11.8. The van der Waals surface area contributed by atoms with Crippen molar-refractivity contribution in [2.75, 3.05) is 6.26 Å². The number of benzene rings is 2. The van der Waals surface area contributed by atoms with Crippen LogP contribution in [0, 0.1) is 5.92 Å². The second-order valence-corrected chi connectivity index (χ2v) is 8.15. The van der Waals surface area contributed by atoms with E-state index in [1.807, 2.05) is 35.1 Å². The lowest BCUT2D eigenvalue weighted by molar-refractivity contribution is -0.122. The lowest BCUT2D eigenvalue weighted by Gasteiger charge is -2.17. The van der Waals surface area contributed by atoms with Gasteiger partial charge in [-0.15, -0.1) is 0 Å². The predicted octanol–water partition coefficient (Wildman–Crippen LogP) is 2.33. The first-order valence-electron chi connectivity index (χ1n) is 8.16. The van der Waals surface area contributed by atoms with E-state index in [-0.39, 0.29) is 6.04 Å². The van der Waals surface area contributed by atoms with Gasteiger partial charge in [0.25, 0.3) is 0 Å². The Hall–Kier alpha value is -2.18. The van der Waals surface area contributed by atoms with Gasteiger partial charge in [-0.1, -0.05) is 61.5 Å². The molecule has 0 aromatic heterocycles. The molecule has 134 valence electrons. The average Bonchev–Trinajstić information content (AvgIpc) is 2.54. The Morgan fingerprint density at radius 3 is 2.16 bits per heavy atom. The van der Waals surface area contributed by atoms with E-state index in [9.17, 15) is 13.2 Å². The third kappa shape index (κ3) is 6.32. The number of hydrogen-bond donors (Lipinski definition) is 2. The van der Waals surface area contributed by atoms with Gasteiger partial charge in [0, 0.05) is 12.0 Å². The van der Waals surface area contributed by atoms with Crippen LogP contribution in [-0.4, -0.2) is 26.6 Å². The smallest absolute Gasteiger partial charge is 0.236 e. The zero-order valence-electron chi connectivity index (χ0n) is 14.5. The Kier molecular flexibility index (Phi) is 6.33. The molecule has 2 atom stereocenters. The van der Waals surface area contributed by atoms with Crippen LogP contribution in [0.2, 0.25) is 0 Å². The third-order valence-electron chi connectivity index (χ3n) is 3.95. The van der Waals surface area contributed by atoms with E-state index in [1.54, 1.807) is 6.92 Å². The molecular weight excluding hydrogens is 336 g/mol. The van der Waals surface area contributed by atoms with Crippen molar-refractivity contribution in [2.45, 2.75) is 25.8 Å². The van der Waals surface area contributed by atoms with Gasteiger partial charge in [-0.2, -0.15) is 0 Å². The Morgan fingerprint density at radius 1 is 1.04 bits per heavy atom. The van der Waals surface area contributed by atoms with Crippen LogP contribution in [0.5, 0.6) is 0 Å². The van der Waals surface area contributed by atoms with Crippen LogP contribution in [0.4, 0.5) is 0 Å². The molecule has 3 N–H and O–H groups in total. The van der Waals surface area contributed by atoms with E-state index >= 15 is 0 Å². The summed E-state index contributed by atoms with van der Waals surface area (Å²) in [6.07, 6.45) is 2.01. The zero-order chi connectivity index (χ0) is 18.4. The highest BCUT2D eigenvalue weighted by Crippen LogP contribution is 2.20. The molecule has 0 aliphatic carbocycles. The van der Waals surface area contributed by atoms with Crippen molar-refractivity contribution in [1.82, 2.24) is 4.72 Å². The molecular formula is C19H24N2O3S. The van der Waals surface area contributed by atoms with Crippen LogP contribution < -0.4 is 10.5 Å². The van der Waals surface area contributed by atoms with Gasteiger partial charge in [0.15, 0.2) is 0 Å². The van der Waals surface area contributed by atoms with Gasteiger partial charge in [0.2, 0.25) is 15.9 Å². The van der Waals surface area contributed by atoms with E-state index < -0.39 is 21.8 Å². The summed E-state index contributed by atoms with van der Waals surface area (Å²) < 4.78 is 24.2. The molecule has 0 heterocycles. The molecule has 0 aliphatic heterocycles. The van der Waals surface area contributed by atoms with Crippen LogP contribution in [0.15, 0.2) is 54.6 Å². The van der Waals surface area contributed by atoms with E-state index in [4.69, 9.17) is 5.73 Å². The average molecular weight is 360 g/mol. The van der Waals surface area contributed by atoms with Crippen molar-refractivity contribution in [3.05, 3.63) is 60.2 Å². The van der Waals surface area contributed by atoms with Crippen LogP contribution in [0.25, 0.3) is 11.1 Å². The number of rotatable bonds is 7. The first kappa shape index (κ1) is 19.1. The Balaban J connectivity index is 1.92. The van der Waals surface area contributed by atoms with Gasteiger partial charge in [-0.25, -0.2) is 8.42 Å². The number of carbonyl (C=O) groups is 1. The van der Waals surface area contributed by atoms with Crippen LogP contribution in [0.1, 0.15) is 18.9 Å². The van der Waals surface area contributed by atoms with Gasteiger partial charge in [-0.3, -0.25) is 9.52 Å². The second-order valence-electron chi connectivity index (χ2n) is 6.40. The Labute approximate surface area is 149 Å². The maximum Gasteiger partial charge on any atom is 0.236 e. The van der Waals surface area contributed by atoms with Crippen molar-refractivity contribution in [3.63, 3.8) is 0 Å². The molecule has 0 saturated carbocycles. The van der Waals surface area contributed by atoms with Gasteiger partial charge >= 0.3 is 0 Å². The first-order valence-corrected chi connectivity index (χ1v) is 10.1. The molecule has 0 aliphatic rings. The summed E-state index contributed by atoms with van der Waals surface area (Å²) in [7, 11) is -3.53. The van der Waals surface area contributed by atoms with Crippen molar-refractivity contribution in [1.29, 1.82) is 0 Å². The summed E-state index contributed by atoms with van der Waals surface area (Å²) >= 11 is 0. The van der Waals surface area contributed by atoms with Gasteiger partial charge in [0.1, 0.15) is 0 Å². The maximum absolute atomic E-state index is 11.8. The van der Waals surface area contributed by atoms with Crippen molar-refractivity contribution < 1.29 is 13.2 Å². The van der Waals surface area contributed by atoms with Crippen molar-refractivity contribution >= 4 is 15.9 Å². The summed E-state index contributed by atoms with van der Waals surface area (Å²) in [6, 6.07) is 18.1. The SMILES string of the molecule is C[C@H](C[C@H](N)Cc1ccc(-c2ccccc2)cc1)C(=O)NS(C)(=O)=O. The van der Waals surface area contributed by atoms with E-state index in [0.717, 1.165) is 22.9 Å². The van der Waals surface area contributed by atoms with E-state index in [1.165, 1.54) is 0 Å². The number of amides is 1. The highest BCUT2D eigenvalue weighted by molar-refractivity contribution is 7.89. The molecule has 0 fully saturated rings. The minimum absolute atomic E-state index is 0.220. The molecule has 2 aromatic carbocycles. The molecule has 2 rings (SSSR count).